The summed E-state index contributed by atoms with van der Waals surface area (Å²) in [4.78, 5) is 0. The smallest absolute Gasteiger partial charge is 0.166 e. The largest absolute Gasteiger partial charge is 0.504 e. The lowest BCUT2D eigenvalue weighted by molar-refractivity contribution is -0.144. The van der Waals surface area contributed by atoms with E-state index in [0.717, 1.165) is 24.9 Å². The molecule has 116 valence electrons. The Balaban J connectivity index is 1.92. The van der Waals surface area contributed by atoms with Crippen LogP contribution in [-0.4, -0.2) is 34.0 Å². The second-order valence-corrected chi connectivity index (χ2v) is 7.60. The van der Waals surface area contributed by atoms with Gasteiger partial charge in [-0.25, -0.2) is 0 Å². The van der Waals surface area contributed by atoms with Crippen LogP contribution in [0.3, 0.4) is 0 Å². The number of hydrogen-bond donors (Lipinski definition) is 3. The number of rotatable bonds is 0. The van der Waals surface area contributed by atoms with Gasteiger partial charge in [0.25, 0.3) is 0 Å². The normalized spacial score (nSPS) is 47.0. The molecule has 2 bridgehead atoms. The molecule has 2 aliphatic carbocycles. The van der Waals surface area contributed by atoms with E-state index in [2.05, 4.69) is 11.4 Å². The average Bonchev–Trinajstić information content (AvgIpc) is 2.73. The third kappa shape index (κ3) is 1.11. The van der Waals surface area contributed by atoms with E-state index < -0.39 is 11.2 Å². The predicted molar refractivity (Wildman–Crippen MR) is 82.2 cm³/mol. The SMILES string of the molecule is C[C@@]12Oc3c(O)ccc4c3[C@@]13CCN[C@H](C4)[C@@H]3C=C[C@]2(C)O. The first kappa shape index (κ1) is 13.0. The van der Waals surface area contributed by atoms with Crippen molar-refractivity contribution in [1.82, 2.24) is 5.32 Å². The van der Waals surface area contributed by atoms with Gasteiger partial charge in [0, 0.05) is 17.5 Å². The van der Waals surface area contributed by atoms with E-state index in [4.69, 9.17) is 4.74 Å². The summed E-state index contributed by atoms with van der Waals surface area (Å²) in [5.74, 6) is 1.08. The quantitative estimate of drug-likeness (QED) is 0.637. The van der Waals surface area contributed by atoms with Gasteiger partial charge >= 0.3 is 0 Å². The lowest BCUT2D eigenvalue weighted by atomic mass is 9.47. The highest BCUT2D eigenvalue weighted by molar-refractivity contribution is 5.63. The molecule has 0 radical (unpaired) electrons. The molecule has 4 nitrogen and oxygen atoms in total. The van der Waals surface area contributed by atoms with Gasteiger partial charge in [0.2, 0.25) is 0 Å². The Morgan fingerprint density at radius 1 is 1.32 bits per heavy atom. The predicted octanol–water partition coefficient (Wildman–Crippen LogP) is 1.64. The fourth-order valence-corrected chi connectivity index (χ4v) is 5.59. The van der Waals surface area contributed by atoms with Gasteiger partial charge in [0.1, 0.15) is 11.2 Å². The fourth-order valence-electron chi connectivity index (χ4n) is 5.59. The van der Waals surface area contributed by atoms with Crippen LogP contribution < -0.4 is 10.1 Å². The summed E-state index contributed by atoms with van der Waals surface area (Å²) in [5, 5.41) is 25.1. The van der Waals surface area contributed by atoms with Crippen molar-refractivity contribution in [2.75, 3.05) is 6.54 Å². The Morgan fingerprint density at radius 3 is 2.95 bits per heavy atom. The maximum absolute atomic E-state index is 11.1. The zero-order chi connectivity index (χ0) is 15.3. The molecule has 5 rings (SSSR count). The van der Waals surface area contributed by atoms with Crippen LogP contribution in [0.15, 0.2) is 24.3 Å². The van der Waals surface area contributed by atoms with Crippen LogP contribution in [0.5, 0.6) is 11.5 Å². The lowest BCUT2D eigenvalue weighted by Gasteiger charge is -2.60. The van der Waals surface area contributed by atoms with E-state index in [-0.39, 0.29) is 11.2 Å². The van der Waals surface area contributed by atoms with Gasteiger partial charge in [-0.3, -0.25) is 0 Å². The van der Waals surface area contributed by atoms with Gasteiger partial charge in [-0.05, 0) is 44.9 Å². The summed E-state index contributed by atoms with van der Waals surface area (Å²) >= 11 is 0. The number of phenolic OH excluding ortho intramolecular Hbond substituents is 1. The molecule has 1 aromatic carbocycles. The lowest BCUT2D eigenvalue weighted by Crippen LogP contribution is -2.73. The van der Waals surface area contributed by atoms with Gasteiger partial charge in [-0.1, -0.05) is 18.2 Å². The summed E-state index contributed by atoms with van der Waals surface area (Å²) in [6.45, 7) is 4.75. The summed E-state index contributed by atoms with van der Waals surface area (Å²) < 4.78 is 6.33. The molecule has 0 unspecified atom stereocenters. The minimum absolute atomic E-state index is 0.190. The van der Waals surface area contributed by atoms with Crippen molar-refractivity contribution in [3.63, 3.8) is 0 Å². The standard InChI is InChI=1S/C18H21NO3/c1-16(21)6-5-11-12-9-10-3-4-13(20)15-14(10)18(11,7-8-19-12)17(16,2)22-15/h3-6,11-12,19-21H,7-9H2,1-2H3/t11-,12+,16-,17-,18-/m0/s1. The molecule has 2 heterocycles. The maximum Gasteiger partial charge on any atom is 0.166 e. The van der Waals surface area contributed by atoms with E-state index in [1.165, 1.54) is 5.56 Å². The Morgan fingerprint density at radius 2 is 2.14 bits per heavy atom. The number of piperidine rings is 1. The van der Waals surface area contributed by atoms with Gasteiger partial charge in [-0.15, -0.1) is 0 Å². The molecule has 5 atom stereocenters. The highest BCUT2D eigenvalue weighted by Gasteiger charge is 2.72. The van der Waals surface area contributed by atoms with Gasteiger partial charge < -0.3 is 20.3 Å². The molecule has 4 heteroatoms. The average molecular weight is 299 g/mol. The number of phenols is 1. The molecule has 1 fully saturated rings. The van der Waals surface area contributed by atoms with Crippen molar-refractivity contribution in [3.05, 3.63) is 35.4 Å². The van der Waals surface area contributed by atoms with Gasteiger partial charge in [-0.2, -0.15) is 0 Å². The Hall–Kier alpha value is -1.52. The van der Waals surface area contributed by atoms with Crippen molar-refractivity contribution in [2.24, 2.45) is 5.92 Å². The Labute approximate surface area is 129 Å². The highest BCUT2D eigenvalue weighted by Crippen LogP contribution is 2.67. The molecule has 22 heavy (non-hydrogen) atoms. The number of nitrogens with one attached hydrogen (secondary N) is 1. The first-order chi connectivity index (χ1) is 10.4. The molecule has 3 N–H and O–H groups in total. The zero-order valence-electron chi connectivity index (χ0n) is 12.9. The van der Waals surface area contributed by atoms with Crippen molar-refractivity contribution in [3.8, 4) is 11.5 Å². The van der Waals surface area contributed by atoms with Crippen LogP contribution in [0.1, 0.15) is 31.4 Å². The highest BCUT2D eigenvalue weighted by atomic mass is 16.5. The van der Waals surface area contributed by atoms with Crippen molar-refractivity contribution in [2.45, 2.75) is 49.3 Å². The molecular weight excluding hydrogens is 278 g/mol. The van der Waals surface area contributed by atoms with Crippen molar-refractivity contribution >= 4 is 0 Å². The molecule has 0 amide bonds. The number of hydrogen-bond acceptors (Lipinski definition) is 4. The Bertz CT molecular complexity index is 725. The molecule has 2 aliphatic heterocycles. The monoisotopic (exact) mass is 299 g/mol. The third-order valence-electron chi connectivity index (χ3n) is 6.79. The summed E-state index contributed by atoms with van der Waals surface area (Å²) in [5.41, 5.74) is 0.308. The van der Waals surface area contributed by atoms with Crippen LogP contribution >= 0.6 is 0 Å². The van der Waals surface area contributed by atoms with Gasteiger partial charge in [0.05, 0.1) is 5.41 Å². The number of aromatic hydroxyl groups is 1. The maximum atomic E-state index is 11.1. The molecular formula is C18H21NO3. The topological polar surface area (TPSA) is 61.7 Å². The van der Waals surface area contributed by atoms with E-state index in [1.54, 1.807) is 6.07 Å². The van der Waals surface area contributed by atoms with E-state index in [9.17, 15) is 10.2 Å². The number of ether oxygens (including phenoxy) is 1. The van der Waals surface area contributed by atoms with Crippen LogP contribution in [0.25, 0.3) is 0 Å². The second-order valence-electron chi connectivity index (χ2n) is 7.60. The van der Waals surface area contributed by atoms with E-state index >= 15 is 0 Å². The van der Waals surface area contributed by atoms with Crippen LogP contribution in [0.2, 0.25) is 0 Å². The first-order valence-electron chi connectivity index (χ1n) is 8.10. The molecule has 1 spiro atoms. The fraction of sp³-hybridized carbons (Fsp3) is 0.556. The Kier molecular flexibility index (Phi) is 2.07. The van der Waals surface area contributed by atoms with Crippen molar-refractivity contribution in [1.29, 1.82) is 0 Å². The molecule has 1 saturated heterocycles. The van der Waals surface area contributed by atoms with Crippen molar-refractivity contribution < 1.29 is 14.9 Å². The van der Waals surface area contributed by atoms with E-state index in [1.807, 2.05) is 26.0 Å². The van der Waals surface area contributed by atoms with Crippen LogP contribution in [0.4, 0.5) is 0 Å². The molecule has 4 aliphatic rings. The van der Waals surface area contributed by atoms with Crippen LogP contribution in [0, 0.1) is 5.92 Å². The first-order valence-corrected chi connectivity index (χ1v) is 8.10. The molecule has 1 aromatic rings. The minimum Gasteiger partial charge on any atom is -0.504 e. The third-order valence-corrected chi connectivity index (χ3v) is 6.79. The molecule has 0 aromatic heterocycles. The van der Waals surface area contributed by atoms with Gasteiger partial charge in [0.15, 0.2) is 11.5 Å². The number of benzene rings is 1. The number of aliphatic hydroxyl groups is 1. The summed E-state index contributed by atoms with van der Waals surface area (Å²) in [6, 6.07) is 4.12. The summed E-state index contributed by atoms with van der Waals surface area (Å²) in [6.07, 6.45) is 5.92. The van der Waals surface area contributed by atoms with E-state index in [0.29, 0.717) is 17.7 Å². The summed E-state index contributed by atoms with van der Waals surface area (Å²) in [7, 11) is 0. The minimum atomic E-state index is -1.06. The molecule has 0 saturated carbocycles. The van der Waals surface area contributed by atoms with Crippen LogP contribution in [-0.2, 0) is 11.8 Å². The zero-order valence-corrected chi connectivity index (χ0v) is 12.9. The second kappa shape index (κ2) is 3.52.